The Kier molecular flexibility index (Phi) is 6.75. The number of hydrogen-bond donors (Lipinski definition) is 0. The number of aryl methyl sites for hydroxylation is 1. The summed E-state index contributed by atoms with van der Waals surface area (Å²) in [6.07, 6.45) is 0. The Hall–Kier alpha value is -2.86. The van der Waals surface area contributed by atoms with Crippen LogP contribution in [-0.4, -0.2) is 14.2 Å². The molecular formula is C25H19Cl3O5. The van der Waals surface area contributed by atoms with Gasteiger partial charge in [0, 0.05) is 26.2 Å². The van der Waals surface area contributed by atoms with Crippen molar-refractivity contribution in [3.63, 3.8) is 0 Å². The van der Waals surface area contributed by atoms with Crippen molar-refractivity contribution < 1.29 is 18.6 Å². The minimum absolute atomic E-state index is 0.00521. The molecule has 0 aliphatic carbocycles. The molecule has 3 aromatic carbocycles. The number of fused-ring (bicyclic) bond motifs is 1. The van der Waals surface area contributed by atoms with E-state index in [0.717, 1.165) is 5.56 Å². The molecule has 170 valence electrons. The van der Waals surface area contributed by atoms with Gasteiger partial charge in [-0.15, -0.1) is 0 Å². The van der Waals surface area contributed by atoms with Gasteiger partial charge in [0.25, 0.3) is 0 Å². The minimum atomic E-state index is -0.369. The van der Waals surface area contributed by atoms with Crippen LogP contribution in [0.4, 0.5) is 0 Å². The molecule has 33 heavy (non-hydrogen) atoms. The van der Waals surface area contributed by atoms with Gasteiger partial charge >= 0.3 is 0 Å². The summed E-state index contributed by atoms with van der Waals surface area (Å²) < 4.78 is 22.9. The molecule has 0 atom stereocenters. The Labute approximate surface area is 205 Å². The fourth-order valence-electron chi connectivity index (χ4n) is 3.41. The van der Waals surface area contributed by atoms with Crippen molar-refractivity contribution >= 4 is 45.8 Å². The summed E-state index contributed by atoms with van der Waals surface area (Å²) in [5.74, 6) is 1.26. The van der Waals surface area contributed by atoms with Gasteiger partial charge in [-0.05, 0) is 55.0 Å². The molecule has 1 heterocycles. The average molecular weight is 506 g/mol. The first kappa shape index (κ1) is 23.3. The van der Waals surface area contributed by atoms with Gasteiger partial charge in [-0.3, -0.25) is 4.79 Å². The van der Waals surface area contributed by atoms with Crippen molar-refractivity contribution in [3.05, 3.63) is 84.9 Å². The summed E-state index contributed by atoms with van der Waals surface area (Å²) in [6, 6.07) is 13.6. The molecule has 0 fully saturated rings. The largest absolute Gasteiger partial charge is 0.493 e. The third-order valence-corrected chi connectivity index (χ3v) is 6.31. The molecule has 0 aliphatic heterocycles. The molecule has 0 saturated heterocycles. The molecule has 0 aliphatic rings. The van der Waals surface area contributed by atoms with E-state index in [-0.39, 0.29) is 23.5 Å². The van der Waals surface area contributed by atoms with Crippen molar-refractivity contribution in [2.24, 2.45) is 0 Å². The van der Waals surface area contributed by atoms with Gasteiger partial charge in [0.15, 0.2) is 17.3 Å². The van der Waals surface area contributed by atoms with Crippen LogP contribution in [0.3, 0.4) is 0 Å². The van der Waals surface area contributed by atoms with Crippen LogP contribution in [0.25, 0.3) is 22.3 Å². The van der Waals surface area contributed by atoms with E-state index in [1.54, 1.807) is 55.6 Å². The Morgan fingerprint density at radius 1 is 0.879 bits per heavy atom. The standard InChI is InChI=1S/C25H19Cl3O5/c1-13-9-21-15(11-19(13)28)23(29)25(32-12-16-17(26)5-4-6-18(16)27)24(33-21)14-7-8-20(30-2)22(10-14)31-3/h4-11H,12H2,1-3H3. The Morgan fingerprint density at radius 3 is 2.24 bits per heavy atom. The van der Waals surface area contributed by atoms with E-state index in [0.29, 0.717) is 48.7 Å². The van der Waals surface area contributed by atoms with Gasteiger partial charge < -0.3 is 18.6 Å². The summed E-state index contributed by atoms with van der Waals surface area (Å²) in [5.41, 5.74) is 1.92. The quantitative estimate of drug-likeness (QED) is 0.275. The van der Waals surface area contributed by atoms with Gasteiger partial charge in [0.05, 0.1) is 19.6 Å². The number of hydrogen-bond acceptors (Lipinski definition) is 5. The van der Waals surface area contributed by atoms with Crippen LogP contribution in [0, 0.1) is 6.92 Å². The maximum Gasteiger partial charge on any atom is 0.235 e. The average Bonchev–Trinajstić information content (AvgIpc) is 2.80. The number of benzene rings is 3. The van der Waals surface area contributed by atoms with Crippen LogP contribution in [-0.2, 0) is 6.61 Å². The molecule has 0 amide bonds. The summed E-state index contributed by atoms with van der Waals surface area (Å²) in [7, 11) is 3.07. The van der Waals surface area contributed by atoms with Gasteiger partial charge in [-0.25, -0.2) is 0 Å². The second-order valence-electron chi connectivity index (χ2n) is 7.25. The lowest BCUT2D eigenvalue weighted by atomic mass is 10.1. The predicted molar refractivity (Wildman–Crippen MR) is 132 cm³/mol. The highest BCUT2D eigenvalue weighted by molar-refractivity contribution is 6.36. The van der Waals surface area contributed by atoms with Gasteiger partial charge in [-0.2, -0.15) is 0 Å². The second kappa shape index (κ2) is 9.56. The first-order chi connectivity index (χ1) is 15.8. The van der Waals surface area contributed by atoms with Gasteiger partial charge in [0.1, 0.15) is 12.2 Å². The number of rotatable bonds is 6. The highest BCUT2D eigenvalue weighted by Crippen LogP contribution is 2.38. The van der Waals surface area contributed by atoms with Crippen molar-refractivity contribution in [2.75, 3.05) is 14.2 Å². The van der Waals surface area contributed by atoms with E-state index in [1.165, 1.54) is 7.11 Å². The molecule has 0 unspecified atom stereocenters. The lowest BCUT2D eigenvalue weighted by Crippen LogP contribution is -2.11. The zero-order valence-electron chi connectivity index (χ0n) is 18.0. The van der Waals surface area contributed by atoms with E-state index in [2.05, 4.69) is 0 Å². The lowest BCUT2D eigenvalue weighted by molar-refractivity contribution is 0.298. The van der Waals surface area contributed by atoms with Crippen LogP contribution in [0.1, 0.15) is 11.1 Å². The fourth-order valence-corrected chi connectivity index (χ4v) is 4.08. The third kappa shape index (κ3) is 4.49. The molecule has 4 aromatic rings. The summed E-state index contributed by atoms with van der Waals surface area (Å²) in [6.45, 7) is 1.80. The maximum absolute atomic E-state index is 13.5. The fraction of sp³-hybridized carbons (Fsp3) is 0.160. The molecule has 8 heteroatoms. The first-order valence-corrected chi connectivity index (χ1v) is 11.0. The molecule has 4 rings (SSSR count). The van der Waals surface area contributed by atoms with Gasteiger partial charge in [-0.1, -0.05) is 40.9 Å². The van der Waals surface area contributed by atoms with Crippen LogP contribution in [0.15, 0.2) is 57.7 Å². The number of ether oxygens (including phenoxy) is 3. The minimum Gasteiger partial charge on any atom is -0.493 e. The van der Waals surface area contributed by atoms with Crippen LogP contribution >= 0.6 is 34.8 Å². The highest BCUT2D eigenvalue weighted by atomic mass is 35.5. The molecule has 0 spiro atoms. The SMILES string of the molecule is COc1ccc(-c2oc3cc(C)c(Cl)cc3c(=O)c2OCc2c(Cl)cccc2Cl)cc1OC. The monoisotopic (exact) mass is 504 g/mol. The van der Waals surface area contributed by atoms with E-state index in [4.69, 9.17) is 53.4 Å². The van der Waals surface area contributed by atoms with Gasteiger partial charge in [0.2, 0.25) is 11.2 Å². The highest BCUT2D eigenvalue weighted by Gasteiger charge is 2.21. The van der Waals surface area contributed by atoms with Crippen molar-refractivity contribution in [2.45, 2.75) is 13.5 Å². The smallest absolute Gasteiger partial charge is 0.235 e. The zero-order valence-corrected chi connectivity index (χ0v) is 20.3. The lowest BCUT2D eigenvalue weighted by Gasteiger charge is -2.15. The Morgan fingerprint density at radius 2 is 1.58 bits per heavy atom. The molecule has 1 aromatic heterocycles. The normalized spacial score (nSPS) is 11.0. The van der Waals surface area contributed by atoms with Crippen LogP contribution < -0.4 is 19.6 Å². The van der Waals surface area contributed by atoms with Crippen molar-refractivity contribution in [1.29, 1.82) is 0 Å². The van der Waals surface area contributed by atoms with Crippen molar-refractivity contribution in [3.8, 4) is 28.6 Å². The summed E-state index contributed by atoms with van der Waals surface area (Å²) in [4.78, 5) is 13.5. The molecule has 0 N–H and O–H groups in total. The van der Waals surface area contributed by atoms with E-state index in [9.17, 15) is 4.79 Å². The van der Waals surface area contributed by atoms with E-state index >= 15 is 0 Å². The number of methoxy groups -OCH3 is 2. The van der Waals surface area contributed by atoms with E-state index in [1.807, 2.05) is 6.92 Å². The topological polar surface area (TPSA) is 57.9 Å². The van der Waals surface area contributed by atoms with Crippen LogP contribution in [0.2, 0.25) is 15.1 Å². The van der Waals surface area contributed by atoms with Crippen molar-refractivity contribution in [1.82, 2.24) is 0 Å². The van der Waals surface area contributed by atoms with E-state index < -0.39 is 0 Å². The molecule has 0 radical (unpaired) electrons. The predicted octanol–water partition coefficient (Wildman–Crippen LogP) is 7.32. The molecule has 0 bridgehead atoms. The molecule has 0 saturated carbocycles. The summed E-state index contributed by atoms with van der Waals surface area (Å²) >= 11 is 18.8. The molecule has 5 nitrogen and oxygen atoms in total. The summed E-state index contributed by atoms with van der Waals surface area (Å²) in [5, 5.41) is 1.61. The Bertz CT molecular complexity index is 1390. The Balaban J connectivity index is 1.92. The maximum atomic E-state index is 13.5. The first-order valence-electron chi connectivity index (χ1n) is 9.89. The third-order valence-electron chi connectivity index (χ3n) is 5.20. The molecular weight excluding hydrogens is 487 g/mol. The van der Waals surface area contributed by atoms with Crippen LogP contribution in [0.5, 0.6) is 17.2 Å². The zero-order chi connectivity index (χ0) is 23.7. The number of halogens is 3. The second-order valence-corrected chi connectivity index (χ2v) is 8.47.